The van der Waals surface area contributed by atoms with E-state index in [-0.39, 0.29) is 23.6 Å². The number of nitrogens with zero attached hydrogens (tertiary/aromatic N) is 2. The van der Waals surface area contributed by atoms with E-state index in [1.54, 1.807) is 0 Å². The van der Waals surface area contributed by atoms with Crippen LogP contribution >= 0.6 is 0 Å². The highest BCUT2D eigenvalue weighted by Gasteiger charge is 2.34. The van der Waals surface area contributed by atoms with Gasteiger partial charge in [0.2, 0.25) is 0 Å². The minimum absolute atomic E-state index is 0.0525. The van der Waals surface area contributed by atoms with Crippen LogP contribution in [0.5, 0.6) is 0 Å². The molecule has 2 N–H and O–H groups in total. The molecule has 1 aromatic heterocycles. The molecule has 0 radical (unpaired) electrons. The van der Waals surface area contributed by atoms with E-state index in [4.69, 9.17) is 12.2 Å². The molecule has 0 aliphatic carbocycles. The Morgan fingerprint density at radius 1 is 1.32 bits per heavy atom. The number of alkyl halides is 3. The van der Waals surface area contributed by atoms with Gasteiger partial charge in [0.15, 0.2) is 0 Å². The first-order valence-electron chi connectivity index (χ1n) is 5.36. The van der Waals surface area contributed by atoms with E-state index in [1.807, 2.05) is 0 Å². The van der Waals surface area contributed by atoms with Crippen LogP contribution in [-0.2, 0) is 12.7 Å². The Morgan fingerprint density at radius 3 is 2.63 bits per heavy atom. The van der Waals surface area contributed by atoms with E-state index in [0.717, 1.165) is 6.07 Å². The third-order valence-electron chi connectivity index (χ3n) is 2.63. The number of benzene rings is 1. The molecule has 19 heavy (non-hydrogen) atoms. The molecule has 6 heteroatoms. The molecule has 0 atom stereocenters. The van der Waals surface area contributed by atoms with E-state index in [2.05, 4.69) is 10.9 Å². The Balaban J connectivity index is 2.58. The standard InChI is InChI=1S/C13H10F3N3/c1-2-7-19-8-18-11(12(19)17)9-5-3-4-6-10(9)13(14,15)16/h1,3-6,8H,7,17H2. The fraction of sp³-hybridized carbons (Fsp3) is 0.154. The third kappa shape index (κ3) is 2.40. The fourth-order valence-corrected chi connectivity index (χ4v) is 1.76. The zero-order chi connectivity index (χ0) is 14.0. The van der Waals surface area contributed by atoms with Gasteiger partial charge in [-0.15, -0.1) is 6.42 Å². The first kappa shape index (κ1) is 13.0. The second-order valence-corrected chi connectivity index (χ2v) is 3.85. The van der Waals surface area contributed by atoms with Crippen LogP contribution in [-0.4, -0.2) is 9.55 Å². The molecule has 0 bridgehead atoms. The number of rotatable bonds is 2. The third-order valence-corrected chi connectivity index (χ3v) is 2.63. The largest absolute Gasteiger partial charge is 0.417 e. The van der Waals surface area contributed by atoms with Crippen LogP contribution < -0.4 is 5.73 Å². The van der Waals surface area contributed by atoms with Gasteiger partial charge in [-0.1, -0.05) is 24.1 Å². The lowest BCUT2D eigenvalue weighted by Gasteiger charge is -2.11. The van der Waals surface area contributed by atoms with Gasteiger partial charge in [-0.3, -0.25) is 0 Å². The van der Waals surface area contributed by atoms with Crippen molar-refractivity contribution >= 4 is 5.82 Å². The van der Waals surface area contributed by atoms with Gasteiger partial charge < -0.3 is 10.3 Å². The minimum atomic E-state index is -4.46. The number of nitrogens with two attached hydrogens (primary N) is 1. The number of hydrogen-bond donors (Lipinski definition) is 1. The van der Waals surface area contributed by atoms with Crippen molar-refractivity contribution in [2.24, 2.45) is 0 Å². The lowest BCUT2D eigenvalue weighted by Crippen LogP contribution is -2.08. The first-order valence-corrected chi connectivity index (χ1v) is 5.36. The highest BCUT2D eigenvalue weighted by atomic mass is 19.4. The normalized spacial score (nSPS) is 11.3. The smallest absolute Gasteiger partial charge is 0.383 e. The van der Waals surface area contributed by atoms with Gasteiger partial charge in [0.05, 0.1) is 18.4 Å². The van der Waals surface area contributed by atoms with Crippen molar-refractivity contribution in [3.8, 4) is 23.6 Å². The van der Waals surface area contributed by atoms with Gasteiger partial charge in [0.1, 0.15) is 11.5 Å². The molecule has 0 aliphatic rings. The van der Waals surface area contributed by atoms with Crippen LogP contribution in [0.25, 0.3) is 11.3 Å². The summed E-state index contributed by atoms with van der Waals surface area (Å²) in [5, 5.41) is 0. The van der Waals surface area contributed by atoms with Crippen molar-refractivity contribution in [2.45, 2.75) is 12.7 Å². The monoisotopic (exact) mass is 265 g/mol. The van der Waals surface area contributed by atoms with E-state index in [9.17, 15) is 13.2 Å². The Morgan fingerprint density at radius 2 is 2.00 bits per heavy atom. The number of terminal acetylenes is 1. The highest BCUT2D eigenvalue weighted by Crippen LogP contribution is 2.37. The average Bonchev–Trinajstić information content (AvgIpc) is 2.71. The number of imidazole rings is 1. The van der Waals surface area contributed by atoms with E-state index >= 15 is 0 Å². The number of nitrogen functional groups attached to an aromatic ring is 1. The van der Waals surface area contributed by atoms with Crippen LogP contribution in [0.15, 0.2) is 30.6 Å². The zero-order valence-electron chi connectivity index (χ0n) is 9.78. The Kier molecular flexibility index (Phi) is 3.21. The van der Waals surface area contributed by atoms with Crippen molar-refractivity contribution in [2.75, 3.05) is 5.73 Å². The van der Waals surface area contributed by atoms with Crippen molar-refractivity contribution < 1.29 is 13.2 Å². The van der Waals surface area contributed by atoms with Gasteiger partial charge >= 0.3 is 6.18 Å². The van der Waals surface area contributed by atoms with Gasteiger partial charge in [0, 0.05) is 5.56 Å². The quantitative estimate of drug-likeness (QED) is 0.848. The summed E-state index contributed by atoms with van der Waals surface area (Å²) in [7, 11) is 0. The second-order valence-electron chi connectivity index (χ2n) is 3.85. The predicted octanol–water partition coefficient (Wildman–Crippen LogP) is 2.78. The lowest BCUT2D eigenvalue weighted by atomic mass is 10.0. The van der Waals surface area contributed by atoms with Crippen LogP contribution in [0.1, 0.15) is 5.56 Å². The Labute approximate surface area is 107 Å². The summed E-state index contributed by atoms with van der Waals surface area (Å²) >= 11 is 0. The summed E-state index contributed by atoms with van der Waals surface area (Å²) < 4.78 is 40.2. The van der Waals surface area contributed by atoms with E-state index in [1.165, 1.54) is 29.1 Å². The van der Waals surface area contributed by atoms with Crippen molar-refractivity contribution in [3.05, 3.63) is 36.2 Å². The van der Waals surface area contributed by atoms with Crippen molar-refractivity contribution in [1.29, 1.82) is 0 Å². The first-order chi connectivity index (χ1) is 8.95. The molecule has 0 saturated heterocycles. The molecule has 0 fully saturated rings. The maximum atomic E-state index is 12.9. The molecule has 3 nitrogen and oxygen atoms in total. The van der Waals surface area contributed by atoms with Gasteiger partial charge in [-0.2, -0.15) is 13.2 Å². The molecule has 2 aromatic rings. The molecule has 0 saturated carbocycles. The van der Waals surface area contributed by atoms with Crippen LogP contribution in [0.4, 0.5) is 19.0 Å². The number of hydrogen-bond acceptors (Lipinski definition) is 2. The fourth-order valence-electron chi connectivity index (χ4n) is 1.76. The summed E-state index contributed by atoms with van der Waals surface area (Å²) in [6, 6.07) is 5.15. The topological polar surface area (TPSA) is 43.8 Å². The zero-order valence-corrected chi connectivity index (χ0v) is 9.78. The Bertz CT molecular complexity index is 635. The average molecular weight is 265 g/mol. The summed E-state index contributed by atoms with van der Waals surface area (Å²) in [5.74, 6) is 2.48. The van der Waals surface area contributed by atoms with E-state index in [0.29, 0.717) is 0 Å². The summed E-state index contributed by atoms with van der Waals surface area (Å²) in [6.07, 6.45) is 2.01. The molecule has 0 spiro atoms. The maximum absolute atomic E-state index is 12.9. The molecule has 98 valence electrons. The van der Waals surface area contributed by atoms with Crippen molar-refractivity contribution in [1.82, 2.24) is 9.55 Å². The summed E-state index contributed by atoms with van der Waals surface area (Å²) in [6.45, 7) is 0.160. The molecular formula is C13H10F3N3. The molecule has 0 aliphatic heterocycles. The summed E-state index contributed by atoms with van der Waals surface area (Å²) in [4.78, 5) is 3.92. The predicted molar refractivity (Wildman–Crippen MR) is 65.9 cm³/mol. The maximum Gasteiger partial charge on any atom is 0.417 e. The Hall–Kier alpha value is -2.42. The van der Waals surface area contributed by atoms with E-state index < -0.39 is 11.7 Å². The number of halogens is 3. The second kappa shape index (κ2) is 4.69. The molecule has 1 heterocycles. The highest BCUT2D eigenvalue weighted by molar-refractivity contribution is 5.73. The summed E-state index contributed by atoms with van der Waals surface area (Å²) in [5.41, 5.74) is 5.03. The molecular weight excluding hydrogens is 255 g/mol. The van der Waals surface area contributed by atoms with Gasteiger partial charge in [-0.05, 0) is 6.07 Å². The molecule has 0 amide bonds. The molecule has 0 unspecified atom stereocenters. The van der Waals surface area contributed by atoms with Crippen LogP contribution in [0, 0.1) is 12.3 Å². The SMILES string of the molecule is C#CCn1cnc(-c2ccccc2C(F)(F)F)c1N. The lowest BCUT2D eigenvalue weighted by molar-refractivity contribution is -0.137. The van der Waals surface area contributed by atoms with Gasteiger partial charge in [-0.25, -0.2) is 4.98 Å². The van der Waals surface area contributed by atoms with Gasteiger partial charge in [0.25, 0.3) is 0 Å². The minimum Gasteiger partial charge on any atom is -0.383 e. The number of aromatic nitrogens is 2. The van der Waals surface area contributed by atoms with Crippen molar-refractivity contribution in [3.63, 3.8) is 0 Å². The number of anilines is 1. The molecule has 1 aromatic carbocycles. The van der Waals surface area contributed by atoms with Crippen LogP contribution in [0.3, 0.4) is 0 Å². The molecule has 2 rings (SSSR count). The van der Waals surface area contributed by atoms with Crippen LogP contribution in [0.2, 0.25) is 0 Å².